The van der Waals surface area contributed by atoms with Gasteiger partial charge >= 0.3 is 34.1 Å². The van der Waals surface area contributed by atoms with Crippen LogP contribution in [0.15, 0.2) is 23.5 Å². The molecule has 4 N–H and O–H groups in total. The van der Waals surface area contributed by atoms with E-state index < -0.39 is 96.1 Å². The van der Waals surface area contributed by atoms with Crippen LogP contribution in [0.25, 0.3) is 10.6 Å². The smallest absolute Gasteiger partial charge is 0.688 e. The first kappa shape index (κ1) is 44.4. The van der Waals surface area contributed by atoms with Gasteiger partial charge in [0.25, 0.3) is 0 Å². The van der Waals surface area contributed by atoms with E-state index in [1.54, 1.807) is 27.7 Å². The van der Waals surface area contributed by atoms with Gasteiger partial charge in [0.1, 0.15) is 36.6 Å². The molecule has 0 saturated carbocycles. The van der Waals surface area contributed by atoms with Gasteiger partial charge in [-0.1, -0.05) is 0 Å². The molecule has 0 aromatic rings. The molecule has 0 unspecified atom stereocenters. The van der Waals surface area contributed by atoms with Crippen LogP contribution >= 0.6 is 0 Å². The van der Waals surface area contributed by atoms with Crippen LogP contribution in [0.3, 0.4) is 0 Å². The van der Waals surface area contributed by atoms with E-state index in [4.69, 9.17) is 28.4 Å². The largest absolute Gasteiger partial charge is 1.00 e. The van der Waals surface area contributed by atoms with Crippen molar-refractivity contribution in [2.24, 2.45) is 0 Å². The van der Waals surface area contributed by atoms with Crippen LogP contribution in [0.1, 0.15) is 55.4 Å². The number of hydrogen-bond donors (Lipinski definition) is 4. The minimum Gasteiger partial charge on any atom is -0.688 e. The number of aliphatic hydroxyl groups is 4. The average molecular weight is 784 g/mol. The molecule has 4 saturated heterocycles. The maximum absolute atomic E-state index is 11.3. The van der Waals surface area contributed by atoms with Crippen molar-refractivity contribution in [2.45, 2.75) is 128 Å². The fourth-order valence-electron chi connectivity index (χ4n) is 5.24. The fourth-order valence-corrected chi connectivity index (χ4v) is 5.24. The van der Waals surface area contributed by atoms with Crippen molar-refractivity contribution < 1.29 is 102 Å². The van der Waals surface area contributed by atoms with Crippen molar-refractivity contribution in [3.63, 3.8) is 0 Å². The molecule has 0 aromatic heterocycles. The first-order valence-corrected chi connectivity index (χ1v) is 14.8. The zero-order chi connectivity index (χ0) is 34.7. The predicted molar refractivity (Wildman–Crippen MR) is 157 cm³/mol. The predicted octanol–water partition coefficient (Wildman–Crippen LogP) is 0.0354. The molecule has 18 heteroatoms. The molecule has 4 rings (SSSR count). The molecule has 16 nitrogen and oxygen atoms in total. The van der Waals surface area contributed by atoms with Crippen molar-refractivity contribution in [1.29, 1.82) is 0 Å². The molecule has 10 atom stereocenters. The third-order valence-electron chi connectivity index (χ3n) is 7.41. The molecule has 4 aliphatic rings. The normalized spacial score (nSPS) is 31.6. The van der Waals surface area contributed by atoms with Crippen LogP contribution in [-0.4, -0.2) is 130 Å². The summed E-state index contributed by atoms with van der Waals surface area (Å²) in [5, 5.41) is 48.4. The number of aliphatic hydroxyl groups excluding tert-OH is 4. The maximum Gasteiger partial charge on any atom is 1.00 e. The zero-order valence-electron chi connectivity index (χ0n) is 27.7. The van der Waals surface area contributed by atoms with Crippen LogP contribution in [0, 0.1) is 0 Å². The molecule has 280 valence electrons. The Hall–Kier alpha value is -1.60. The molecule has 4 heterocycles. The topological polar surface area (TPSA) is 233 Å². The van der Waals surface area contributed by atoms with E-state index in [0.29, 0.717) is 0 Å². The Balaban J connectivity index is 0.000000461. The van der Waals surface area contributed by atoms with Crippen LogP contribution in [0.2, 0.25) is 0 Å². The first-order valence-electron chi connectivity index (χ1n) is 14.8. The quantitative estimate of drug-likeness (QED) is 0.0886. The van der Waals surface area contributed by atoms with Crippen molar-refractivity contribution in [3.8, 4) is 0 Å². The molecule has 4 aliphatic heterocycles. The van der Waals surface area contributed by atoms with Crippen molar-refractivity contribution in [3.05, 3.63) is 34.2 Å². The van der Waals surface area contributed by atoms with Crippen molar-refractivity contribution in [2.75, 3.05) is 13.1 Å². The van der Waals surface area contributed by atoms with Gasteiger partial charge in [0, 0.05) is 11.1 Å². The Morgan fingerprint density at radius 3 is 1.17 bits per heavy atom. The monoisotopic (exact) mass is 782 g/mol. The standard InChI is InChI=1S/2C15H23NO7.2Cu/c2*1-7(17)9(8(2)18)5-16-6-10(19)12-11(20)13-14(21-12)23-15(3,4)22-13;;/h2*5,10-14,19-20H,6H2,1-4H3,(H,16,17,18);;/q;;2*+1/p-2/t2*10-,11+,12-,13-,14-;;/m11../s1. The van der Waals surface area contributed by atoms with Crippen LogP contribution < -0.4 is 0 Å². The molecule has 0 aromatic carbocycles. The van der Waals surface area contributed by atoms with Gasteiger partial charge in [-0.25, -0.2) is 0 Å². The van der Waals surface area contributed by atoms with E-state index in [1.807, 2.05) is 0 Å². The average Bonchev–Trinajstić information content (AvgIpc) is 3.60. The number of hydrogen-bond acceptors (Lipinski definition) is 14. The van der Waals surface area contributed by atoms with E-state index in [9.17, 15) is 39.6 Å². The van der Waals surface area contributed by atoms with Crippen molar-refractivity contribution in [1.82, 2.24) is 0 Å². The number of carbonyl (C=O) groups excluding carboxylic acids is 4. The minimum absolute atomic E-state index is 0. The molecule has 4 fully saturated rings. The van der Waals surface area contributed by atoms with E-state index in [0.717, 1.165) is 12.4 Å². The number of carbonyl (C=O) groups is 4. The molecule has 0 radical (unpaired) electrons. The van der Waals surface area contributed by atoms with E-state index in [2.05, 4.69) is 10.6 Å². The van der Waals surface area contributed by atoms with Gasteiger partial charge in [-0.2, -0.15) is 12.4 Å². The first-order chi connectivity index (χ1) is 21.2. The summed E-state index contributed by atoms with van der Waals surface area (Å²) in [6, 6.07) is 0. The summed E-state index contributed by atoms with van der Waals surface area (Å²) >= 11 is 0. The van der Waals surface area contributed by atoms with Crippen LogP contribution in [0.5, 0.6) is 0 Å². The Morgan fingerprint density at radius 2 is 0.917 bits per heavy atom. The third kappa shape index (κ3) is 11.2. The number of nitrogens with zero attached hydrogens (tertiary/aromatic N) is 2. The Labute approximate surface area is 300 Å². The Morgan fingerprint density at radius 1 is 0.625 bits per heavy atom. The van der Waals surface area contributed by atoms with E-state index >= 15 is 0 Å². The van der Waals surface area contributed by atoms with Crippen molar-refractivity contribution >= 4 is 23.1 Å². The van der Waals surface area contributed by atoms with Crippen LogP contribution in [-0.2, 0) is 81.7 Å². The summed E-state index contributed by atoms with van der Waals surface area (Å²) in [6.45, 7) is 11.6. The van der Waals surface area contributed by atoms with Gasteiger partial charge in [0.15, 0.2) is 47.3 Å². The SMILES string of the molecule is CC(=O)C(=C[N-]C[C@@H](O)[C@H]1O[C@@H]2OC(C)(C)O[C@@H]2[C@H]1O)C(C)=O.CC(=O)C(=C[N-]C[C@@H](O)[C@H]1O[C@@H]2OC(C)(C)O[C@@H]2[C@H]1O)C(C)=O.[Cu+].[Cu+]. The Bertz CT molecular complexity index is 1100. The molecule has 0 spiro atoms. The number of rotatable bonds is 12. The second kappa shape index (κ2) is 18.1. The second-order valence-electron chi connectivity index (χ2n) is 12.3. The summed E-state index contributed by atoms with van der Waals surface area (Å²) in [7, 11) is 0. The number of Topliss-reactive ketones (excluding diaryl/α,β-unsaturated/α-hetero) is 4. The molecule has 0 aliphatic carbocycles. The summed E-state index contributed by atoms with van der Waals surface area (Å²) in [6.07, 6.45) is -6.79. The molecule has 48 heavy (non-hydrogen) atoms. The molecular weight excluding hydrogens is 739 g/mol. The van der Waals surface area contributed by atoms with Gasteiger partial charge < -0.3 is 59.5 Å². The van der Waals surface area contributed by atoms with Gasteiger partial charge in [0.2, 0.25) is 0 Å². The van der Waals surface area contributed by atoms with Crippen LogP contribution in [0.4, 0.5) is 0 Å². The summed E-state index contributed by atoms with van der Waals surface area (Å²) < 4.78 is 33.0. The third-order valence-corrected chi connectivity index (χ3v) is 7.41. The number of ketones is 4. The summed E-state index contributed by atoms with van der Waals surface area (Å²) in [4.78, 5) is 45.0. The van der Waals surface area contributed by atoms with Gasteiger partial charge in [-0.15, -0.1) is 13.1 Å². The molecule has 0 bridgehead atoms. The Kier molecular flexibility index (Phi) is 16.7. The number of fused-ring (bicyclic) bond motifs is 2. The summed E-state index contributed by atoms with van der Waals surface area (Å²) in [5.74, 6) is -3.29. The van der Waals surface area contributed by atoms with E-state index in [-0.39, 0.29) is 58.4 Å². The molecular formula is C30H44Cu2N2O14. The van der Waals surface area contributed by atoms with E-state index in [1.165, 1.54) is 27.7 Å². The number of ether oxygens (including phenoxy) is 6. The minimum atomic E-state index is -1.12. The van der Waals surface area contributed by atoms with Gasteiger partial charge in [-0.3, -0.25) is 19.2 Å². The fraction of sp³-hybridized carbons (Fsp3) is 0.733. The zero-order valence-corrected chi connectivity index (χ0v) is 29.6. The van der Waals surface area contributed by atoms with Gasteiger partial charge in [-0.05, 0) is 55.4 Å². The maximum atomic E-state index is 11.3. The number of allylic oxidation sites excluding steroid dienone is 2. The summed E-state index contributed by atoms with van der Waals surface area (Å²) in [5.41, 5.74) is -0.0919. The second-order valence-corrected chi connectivity index (χ2v) is 12.3. The van der Waals surface area contributed by atoms with Gasteiger partial charge in [0.05, 0.1) is 12.2 Å². The molecule has 0 amide bonds.